The molecule has 110 valence electrons. The third-order valence-corrected chi connectivity index (χ3v) is 2.77. The molecule has 1 rings (SSSR count). The van der Waals surface area contributed by atoms with E-state index in [0.29, 0.717) is 26.3 Å². The molecular formula is C11H19F2N3O3. The summed E-state index contributed by atoms with van der Waals surface area (Å²) >= 11 is 0. The molecule has 0 atom stereocenters. The van der Waals surface area contributed by atoms with Crippen LogP contribution in [0, 0.1) is 0 Å². The smallest absolute Gasteiger partial charge is 0.277 e. The molecule has 0 aromatic carbocycles. The number of carbonyl (C=O) groups excluding carboxylic acids is 2. The average Bonchev–Trinajstić information content (AvgIpc) is 2.43. The molecule has 0 bridgehead atoms. The Morgan fingerprint density at radius 1 is 1.26 bits per heavy atom. The van der Waals surface area contributed by atoms with Crippen molar-refractivity contribution in [3.05, 3.63) is 0 Å². The largest absolute Gasteiger partial charge is 0.378 e. The van der Waals surface area contributed by atoms with E-state index < -0.39 is 24.9 Å². The van der Waals surface area contributed by atoms with Gasteiger partial charge in [-0.3, -0.25) is 9.59 Å². The average molecular weight is 279 g/mol. The zero-order valence-electron chi connectivity index (χ0n) is 10.7. The fourth-order valence-corrected chi connectivity index (χ4v) is 1.58. The first kappa shape index (κ1) is 15.8. The van der Waals surface area contributed by atoms with Crippen LogP contribution in [-0.2, 0) is 14.3 Å². The van der Waals surface area contributed by atoms with Crippen molar-refractivity contribution in [3.63, 3.8) is 0 Å². The molecule has 0 radical (unpaired) electrons. The van der Waals surface area contributed by atoms with Gasteiger partial charge in [0.1, 0.15) is 0 Å². The quantitative estimate of drug-likeness (QED) is 0.676. The highest BCUT2D eigenvalue weighted by Crippen LogP contribution is 2.09. The molecule has 3 N–H and O–H groups in total. The molecule has 0 aromatic rings. The molecule has 1 fully saturated rings. The number of amides is 2. The van der Waals surface area contributed by atoms with Crippen LogP contribution in [-0.4, -0.2) is 62.0 Å². The number of morpholine rings is 1. The Balaban J connectivity index is 2.20. The normalized spacial score (nSPS) is 16.3. The Bertz CT molecular complexity index is 320. The zero-order valence-corrected chi connectivity index (χ0v) is 10.7. The van der Waals surface area contributed by atoms with E-state index in [4.69, 9.17) is 10.5 Å². The van der Waals surface area contributed by atoms with Gasteiger partial charge in [-0.2, -0.15) is 0 Å². The molecule has 0 aliphatic carbocycles. The molecule has 2 amide bonds. The van der Waals surface area contributed by atoms with E-state index in [0.717, 1.165) is 0 Å². The molecule has 1 saturated heterocycles. The second kappa shape index (κ2) is 7.34. The SMILES string of the molecule is NCC(F)(F)CNC(=O)CCC(=O)N1CCOCC1. The minimum Gasteiger partial charge on any atom is -0.378 e. The second-order valence-electron chi connectivity index (χ2n) is 4.33. The topological polar surface area (TPSA) is 84.7 Å². The van der Waals surface area contributed by atoms with Crippen LogP contribution < -0.4 is 11.1 Å². The number of nitrogens with zero attached hydrogens (tertiary/aromatic N) is 1. The minimum atomic E-state index is -3.11. The van der Waals surface area contributed by atoms with Crippen molar-refractivity contribution in [1.29, 1.82) is 0 Å². The van der Waals surface area contributed by atoms with Gasteiger partial charge in [-0.25, -0.2) is 8.78 Å². The van der Waals surface area contributed by atoms with Gasteiger partial charge in [0.15, 0.2) is 0 Å². The van der Waals surface area contributed by atoms with Gasteiger partial charge in [0, 0.05) is 25.9 Å². The Kier molecular flexibility index (Phi) is 6.10. The number of nitrogens with one attached hydrogen (secondary N) is 1. The van der Waals surface area contributed by atoms with Crippen molar-refractivity contribution in [2.45, 2.75) is 18.8 Å². The fourth-order valence-electron chi connectivity index (χ4n) is 1.58. The molecule has 0 spiro atoms. The van der Waals surface area contributed by atoms with E-state index in [9.17, 15) is 18.4 Å². The molecular weight excluding hydrogens is 260 g/mol. The van der Waals surface area contributed by atoms with Gasteiger partial charge >= 0.3 is 0 Å². The lowest BCUT2D eigenvalue weighted by molar-refractivity contribution is -0.137. The number of ether oxygens (including phenoxy) is 1. The standard InChI is InChI=1S/C11H19F2N3O3/c12-11(13,7-14)8-15-9(17)1-2-10(18)16-3-5-19-6-4-16/h1-8,14H2,(H,15,17). The van der Waals surface area contributed by atoms with Crippen molar-refractivity contribution >= 4 is 11.8 Å². The maximum absolute atomic E-state index is 12.8. The monoisotopic (exact) mass is 279 g/mol. The molecule has 0 unspecified atom stereocenters. The predicted octanol–water partition coefficient (Wildman–Crippen LogP) is -0.664. The van der Waals surface area contributed by atoms with Crippen molar-refractivity contribution < 1.29 is 23.1 Å². The van der Waals surface area contributed by atoms with Gasteiger partial charge in [0.2, 0.25) is 11.8 Å². The van der Waals surface area contributed by atoms with E-state index in [1.165, 1.54) is 0 Å². The van der Waals surface area contributed by atoms with Gasteiger partial charge in [0.05, 0.1) is 26.3 Å². The lowest BCUT2D eigenvalue weighted by Crippen LogP contribution is -2.43. The number of carbonyl (C=O) groups is 2. The number of nitrogens with two attached hydrogens (primary N) is 1. The van der Waals surface area contributed by atoms with Gasteiger partial charge in [0.25, 0.3) is 5.92 Å². The molecule has 1 aliphatic heterocycles. The highest BCUT2D eigenvalue weighted by Gasteiger charge is 2.27. The number of alkyl halides is 2. The third-order valence-electron chi connectivity index (χ3n) is 2.77. The summed E-state index contributed by atoms with van der Waals surface area (Å²) in [6.07, 6.45) is -0.0864. The van der Waals surface area contributed by atoms with E-state index in [1.807, 2.05) is 0 Å². The van der Waals surface area contributed by atoms with Crippen LogP contribution in [0.1, 0.15) is 12.8 Å². The van der Waals surface area contributed by atoms with Crippen LogP contribution in [0.4, 0.5) is 8.78 Å². The predicted molar refractivity (Wildman–Crippen MR) is 63.6 cm³/mol. The van der Waals surface area contributed by atoms with Crippen LogP contribution in [0.3, 0.4) is 0 Å². The molecule has 8 heteroatoms. The minimum absolute atomic E-state index is 0.0139. The summed E-state index contributed by atoms with van der Waals surface area (Å²) in [6, 6.07) is 0. The molecule has 6 nitrogen and oxygen atoms in total. The Labute approximate surface area is 110 Å². The van der Waals surface area contributed by atoms with Crippen LogP contribution in [0.2, 0.25) is 0 Å². The van der Waals surface area contributed by atoms with Gasteiger partial charge in [-0.05, 0) is 0 Å². The van der Waals surface area contributed by atoms with Gasteiger partial charge in [-0.1, -0.05) is 0 Å². The maximum atomic E-state index is 12.8. The summed E-state index contributed by atoms with van der Waals surface area (Å²) in [5.41, 5.74) is 4.84. The van der Waals surface area contributed by atoms with Crippen molar-refractivity contribution in [3.8, 4) is 0 Å². The highest BCUT2D eigenvalue weighted by molar-refractivity contribution is 5.83. The maximum Gasteiger partial charge on any atom is 0.277 e. The second-order valence-corrected chi connectivity index (χ2v) is 4.33. The molecule has 0 saturated carbocycles. The molecule has 1 aliphatic rings. The van der Waals surface area contributed by atoms with Crippen LogP contribution >= 0.6 is 0 Å². The number of hydrogen-bond acceptors (Lipinski definition) is 4. The fraction of sp³-hybridized carbons (Fsp3) is 0.818. The summed E-state index contributed by atoms with van der Waals surface area (Å²) in [4.78, 5) is 24.6. The van der Waals surface area contributed by atoms with E-state index in [1.54, 1.807) is 4.90 Å². The Hall–Kier alpha value is -1.28. The molecule has 1 heterocycles. The summed E-state index contributed by atoms with van der Waals surface area (Å²) < 4.78 is 30.6. The summed E-state index contributed by atoms with van der Waals surface area (Å²) in [5, 5.41) is 2.07. The lowest BCUT2D eigenvalue weighted by Gasteiger charge is -2.26. The first-order valence-corrected chi connectivity index (χ1v) is 6.15. The number of hydrogen-bond donors (Lipinski definition) is 2. The van der Waals surface area contributed by atoms with Crippen LogP contribution in [0.5, 0.6) is 0 Å². The molecule has 19 heavy (non-hydrogen) atoms. The third kappa shape index (κ3) is 5.93. The first-order valence-electron chi connectivity index (χ1n) is 6.15. The van der Waals surface area contributed by atoms with E-state index >= 15 is 0 Å². The summed E-state index contributed by atoms with van der Waals surface area (Å²) in [7, 11) is 0. The van der Waals surface area contributed by atoms with Crippen molar-refractivity contribution in [2.75, 3.05) is 39.4 Å². The summed E-state index contributed by atoms with van der Waals surface area (Å²) in [6.45, 7) is 0.368. The number of halogens is 2. The van der Waals surface area contributed by atoms with Crippen LogP contribution in [0.25, 0.3) is 0 Å². The summed E-state index contributed by atoms with van der Waals surface area (Å²) in [5.74, 6) is -3.84. The van der Waals surface area contributed by atoms with Crippen molar-refractivity contribution in [2.24, 2.45) is 5.73 Å². The first-order chi connectivity index (χ1) is 8.94. The van der Waals surface area contributed by atoms with E-state index in [-0.39, 0.29) is 18.7 Å². The highest BCUT2D eigenvalue weighted by atomic mass is 19.3. The zero-order chi connectivity index (χ0) is 14.3. The number of rotatable bonds is 6. The van der Waals surface area contributed by atoms with Gasteiger partial charge < -0.3 is 20.7 Å². The van der Waals surface area contributed by atoms with Crippen LogP contribution in [0.15, 0.2) is 0 Å². The Morgan fingerprint density at radius 2 is 1.89 bits per heavy atom. The van der Waals surface area contributed by atoms with Crippen molar-refractivity contribution in [1.82, 2.24) is 10.2 Å². The Morgan fingerprint density at radius 3 is 2.47 bits per heavy atom. The molecule has 0 aromatic heterocycles. The van der Waals surface area contributed by atoms with Gasteiger partial charge in [-0.15, -0.1) is 0 Å². The van der Waals surface area contributed by atoms with E-state index in [2.05, 4.69) is 5.32 Å². The lowest BCUT2D eigenvalue weighted by atomic mass is 10.2.